The standard InChI is InChI=1S/C14H21ClN2O2S/c1-9-4-3-5-11(9)8-17-20(18,19)14-7-13(16)12(15)6-10(14)2/h6-7,9,11,17H,3-5,8,16H2,1-2H3. The fourth-order valence-corrected chi connectivity index (χ4v) is 4.35. The molecule has 0 bridgehead atoms. The van der Waals surface area contributed by atoms with Gasteiger partial charge in [-0.3, -0.25) is 0 Å². The van der Waals surface area contributed by atoms with Gasteiger partial charge >= 0.3 is 0 Å². The van der Waals surface area contributed by atoms with Crippen molar-refractivity contribution >= 4 is 27.3 Å². The van der Waals surface area contributed by atoms with E-state index >= 15 is 0 Å². The zero-order valence-electron chi connectivity index (χ0n) is 11.8. The van der Waals surface area contributed by atoms with Gasteiger partial charge in [-0.2, -0.15) is 0 Å². The monoisotopic (exact) mass is 316 g/mol. The molecule has 4 nitrogen and oxygen atoms in total. The highest BCUT2D eigenvalue weighted by Crippen LogP contribution is 2.31. The lowest BCUT2D eigenvalue weighted by atomic mass is 9.99. The third-order valence-electron chi connectivity index (χ3n) is 4.16. The van der Waals surface area contributed by atoms with Crippen molar-refractivity contribution in [3.63, 3.8) is 0 Å². The summed E-state index contributed by atoms with van der Waals surface area (Å²) in [6, 6.07) is 3.02. The van der Waals surface area contributed by atoms with E-state index in [9.17, 15) is 8.42 Å². The van der Waals surface area contributed by atoms with Gasteiger partial charge in [0, 0.05) is 6.54 Å². The van der Waals surface area contributed by atoms with Crippen LogP contribution in [0.4, 0.5) is 5.69 Å². The van der Waals surface area contributed by atoms with Crippen molar-refractivity contribution in [2.24, 2.45) is 11.8 Å². The second kappa shape index (κ2) is 5.92. The van der Waals surface area contributed by atoms with E-state index in [0.717, 1.165) is 6.42 Å². The molecule has 1 aliphatic carbocycles. The van der Waals surface area contributed by atoms with Gasteiger partial charge in [-0.05, 0) is 42.9 Å². The number of aryl methyl sites for hydroxylation is 1. The lowest BCUT2D eigenvalue weighted by molar-refractivity contribution is 0.414. The normalized spacial score (nSPS) is 23.1. The number of rotatable bonds is 4. The van der Waals surface area contributed by atoms with Crippen LogP contribution in [-0.4, -0.2) is 15.0 Å². The van der Waals surface area contributed by atoms with Crippen molar-refractivity contribution in [3.05, 3.63) is 22.7 Å². The molecule has 0 aromatic heterocycles. The van der Waals surface area contributed by atoms with E-state index in [2.05, 4.69) is 11.6 Å². The number of nitrogens with one attached hydrogen (secondary N) is 1. The highest BCUT2D eigenvalue weighted by atomic mass is 35.5. The van der Waals surface area contributed by atoms with Gasteiger partial charge < -0.3 is 5.73 Å². The topological polar surface area (TPSA) is 72.2 Å². The van der Waals surface area contributed by atoms with Crippen LogP contribution in [0, 0.1) is 18.8 Å². The summed E-state index contributed by atoms with van der Waals surface area (Å²) in [6.07, 6.45) is 3.45. The van der Waals surface area contributed by atoms with Crippen molar-refractivity contribution < 1.29 is 8.42 Å². The third kappa shape index (κ3) is 3.27. The van der Waals surface area contributed by atoms with Crippen LogP contribution < -0.4 is 10.5 Å². The Balaban J connectivity index is 2.16. The van der Waals surface area contributed by atoms with Gasteiger partial charge in [-0.25, -0.2) is 13.1 Å². The van der Waals surface area contributed by atoms with Gasteiger partial charge in [-0.1, -0.05) is 31.4 Å². The van der Waals surface area contributed by atoms with Crippen LogP contribution in [0.3, 0.4) is 0 Å². The molecule has 0 saturated heterocycles. The third-order valence-corrected chi connectivity index (χ3v) is 6.05. The van der Waals surface area contributed by atoms with Crippen LogP contribution in [0.15, 0.2) is 17.0 Å². The molecule has 1 fully saturated rings. The second-order valence-electron chi connectivity index (χ2n) is 5.66. The van der Waals surface area contributed by atoms with Crippen molar-refractivity contribution in [1.29, 1.82) is 0 Å². The molecule has 112 valence electrons. The first kappa shape index (κ1) is 15.6. The number of nitrogens with two attached hydrogens (primary N) is 1. The first-order valence-corrected chi connectivity index (χ1v) is 8.72. The molecule has 3 N–H and O–H groups in total. The highest BCUT2D eigenvalue weighted by Gasteiger charge is 2.26. The summed E-state index contributed by atoms with van der Waals surface area (Å²) >= 11 is 5.90. The maximum absolute atomic E-state index is 12.4. The summed E-state index contributed by atoms with van der Waals surface area (Å²) in [5.41, 5.74) is 6.59. The Morgan fingerprint density at radius 2 is 2.10 bits per heavy atom. The predicted octanol–water partition coefficient (Wildman–Crippen LogP) is 2.95. The van der Waals surface area contributed by atoms with E-state index in [4.69, 9.17) is 17.3 Å². The first-order chi connectivity index (χ1) is 9.31. The quantitative estimate of drug-likeness (QED) is 0.839. The Hall–Kier alpha value is -0.780. The number of hydrogen-bond donors (Lipinski definition) is 2. The molecule has 2 atom stereocenters. The van der Waals surface area contributed by atoms with E-state index in [1.54, 1.807) is 13.0 Å². The smallest absolute Gasteiger partial charge is 0.240 e. The number of anilines is 1. The van der Waals surface area contributed by atoms with Crippen LogP contribution >= 0.6 is 11.6 Å². The summed E-state index contributed by atoms with van der Waals surface area (Å²) < 4.78 is 27.4. The Labute approximate surface area is 125 Å². The molecule has 0 heterocycles. The van der Waals surface area contributed by atoms with E-state index in [-0.39, 0.29) is 10.6 Å². The van der Waals surface area contributed by atoms with E-state index in [1.165, 1.54) is 18.9 Å². The molecule has 1 saturated carbocycles. The lowest BCUT2D eigenvalue weighted by Crippen LogP contribution is -2.30. The Kier molecular flexibility index (Phi) is 4.62. The van der Waals surface area contributed by atoms with Crippen LogP contribution in [0.1, 0.15) is 31.7 Å². The SMILES string of the molecule is Cc1cc(Cl)c(N)cc1S(=O)(=O)NCC1CCCC1C. The summed E-state index contributed by atoms with van der Waals surface area (Å²) in [5, 5.41) is 0.380. The molecule has 0 spiro atoms. The van der Waals surface area contributed by atoms with Gasteiger partial charge in [0.15, 0.2) is 0 Å². The maximum Gasteiger partial charge on any atom is 0.240 e. The van der Waals surface area contributed by atoms with Crippen LogP contribution in [0.25, 0.3) is 0 Å². The fourth-order valence-electron chi connectivity index (χ4n) is 2.78. The minimum atomic E-state index is -3.53. The summed E-state index contributed by atoms with van der Waals surface area (Å²) in [4.78, 5) is 0.213. The zero-order valence-corrected chi connectivity index (χ0v) is 13.4. The highest BCUT2D eigenvalue weighted by molar-refractivity contribution is 7.89. The summed E-state index contributed by atoms with van der Waals surface area (Å²) in [6.45, 7) is 4.39. The fraction of sp³-hybridized carbons (Fsp3) is 0.571. The molecular weight excluding hydrogens is 296 g/mol. The minimum Gasteiger partial charge on any atom is -0.397 e. The average molecular weight is 317 g/mol. The molecule has 2 rings (SSSR count). The number of hydrogen-bond acceptors (Lipinski definition) is 3. The van der Waals surface area contributed by atoms with Crippen molar-refractivity contribution in [2.45, 2.75) is 38.0 Å². The largest absolute Gasteiger partial charge is 0.397 e. The zero-order chi connectivity index (χ0) is 14.9. The molecule has 20 heavy (non-hydrogen) atoms. The predicted molar refractivity (Wildman–Crippen MR) is 82.3 cm³/mol. The van der Waals surface area contributed by atoms with Crippen molar-refractivity contribution in [1.82, 2.24) is 4.72 Å². The second-order valence-corrected chi connectivity index (χ2v) is 7.80. The van der Waals surface area contributed by atoms with E-state index in [0.29, 0.717) is 29.0 Å². The van der Waals surface area contributed by atoms with Gasteiger partial charge in [0.2, 0.25) is 10.0 Å². The van der Waals surface area contributed by atoms with Gasteiger partial charge in [0.05, 0.1) is 15.6 Å². The molecule has 2 unspecified atom stereocenters. The first-order valence-electron chi connectivity index (χ1n) is 6.86. The van der Waals surface area contributed by atoms with Crippen LogP contribution in [0.2, 0.25) is 5.02 Å². The van der Waals surface area contributed by atoms with Crippen LogP contribution in [-0.2, 0) is 10.0 Å². The van der Waals surface area contributed by atoms with Gasteiger partial charge in [0.1, 0.15) is 0 Å². The van der Waals surface area contributed by atoms with E-state index in [1.807, 2.05) is 0 Å². The van der Waals surface area contributed by atoms with E-state index < -0.39 is 10.0 Å². The van der Waals surface area contributed by atoms with Gasteiger partial charge in [-0.15, -0.1) is 0 Å². The summed E-state index contributed by atoms with van der Waals surface area (Å²) in [7, 11) is -3.53. The molecule has 1 aromatic rings. The van der Waals surface area contributed by atoms with Gasteiger partial charge in [0.25, 0.3) is 0 Å². The number of halogens is 1. The molecule has 1 aliphatic rings. The molecule has 0 aliphatic heterocycles. The molecule has 0 radical (unpaired) electrons. The molecule has 6 heteroatoms. The number of sulfonamides is 1. The maximum atomic E-state index is 12.4. The lowest BCUT2D eigenvalue weighted by Gasteiger charge is -2.17. The van der Waals surface area contributed by atoms with Crippen LogP contribution in [0.5, 0.6) is 0 Å². The average Bonchev–Trinajstić information content (AvgIpc) is 2.77. The summed E-state index contributed by atoms with van der Waals surface area (Å²) in [5.74, 6) is 1.00. The number of nitrogen functional groups attached to an aromatic ring is 1. The molecule has 1 aromatic carbocycles. The molecular formula is C14H21ClN2O2S. The Morgan fingerprint density at radius 3 is 2.70 bits per heavy atom. The van der Waals surface area contributed by atoms with Crippen molar-refractivity contribution in [3.8, 4) is 0 Å². The Bertz CT molecular complexity index is 601. The number of benzene rings is 1. The van der Waals surface area contributed by atoms with Crippen molar-refractivity contribution in [2.75, 3.05) is 12.3 Å². The molecule has 0 amide bonds. The minimum absolute atomic E-state index is 0.213. The Morgan fingerprint density at radius 1 is 1.40 bits per heavy atom.